The lowest BCUT2D eigenvalue weighted by atomic mass is 9.86. The number of hydrogen-bond donors (Lipinski definition) is 0. The summed E-state index contributed by atoms with van der Waals surface area (Å²) in [4.78, 5) is 24.0. The van der Waals surface area contributed by atoms with Gasteiger partial charge in [-0.05, 0) is 6.92 Å². The molecule has 1 aromatic carbocycles. The molecule has 2 atom stereocenters. The Balaban J connectivity index is 2.67. The fraction of sp³-hybridized carbons (Fsp3) is 0.375. The largest absolute Gasteiger partial charge is 0.499 e. The maximum atomic E-state index is 11.4. The number of para-hydroxylation sites is 1. The molecule has 1 aliphatic rings. The third-order valence-corrected chi connectivity index (χ3v) is 3.87. The first-order chi connectivity index (χ1) is 11.1. The van der Waals surface area contributed by atoms with E-state index in [4.69, 9.17) is 9.47 Å². The van der Waals surface area contributed by atoms with Gasteiger partial charge in [0.1, 0.15) is 23.5 Å². The summed E-state index contributed by atoms with van der Waals surface area (Å²) in [5.41, 5.74) is 0.678. The SMILES string of the molecule is CCN1C=C(OC)C(c2ccccc2[N+](=O)[O-])C(OC)C1=C=O. The molecule has 0 radical (unpaired) electrons. The minimum Gasteiger partial charge on any atom is -0.499 e. The van der Waals surface area contributed by atoms with Crippen LogP contribution < -0.4 is 0 Å². The molecule has 0 aromatic heterocycles. The highest BCUT2D eigenvalue weighted by atomic mass is 16.6. The van der Waals surface area contributed by atoms with Crippen molar-refractivity contribution in [2.24, 2.45) is 0 Å². The predicted octanol–water partition coefficient (Wildman–Crippen LogP) is 2.23. The lowest BCUT2D eigenvalue weighted by molar-refractivity contribution is -0.385. The van der Waals surface area contributed by atoms with Crippen LogP contribution in [-0.2, 0) is 14.3 Å². The molecule has 0 saturated carbocycles. The molecule has 2 rings (SSSR count). The summed E-state index contributed by atoms with van der Waals surface area (Å²) in [5, 5.41) is 11.3. The Morgan fingerprint density at radius 2 is 2.04 bits per heavy atom. The van der Waals surface area contributed by atoms with Gasteiger partial charge in [-0.2, -0.15) is 0 Å². The number of carbonyl (C=O) groups excluding carboxylic acids is 1. The minimum absolute atomic E-state index is 0.0438. The number of nitrogens with zero attached hydrogens (tertiary/aromatic N) is 2. The van der Waals surface area contributed by atoms with Gasteiger partial charge in [-0.25, -0.2) is 4.79 Å². The standard InChI is InChI=1S/C16H18N2O5/c1-4-17-9-14(22-2)15(16(23-3)13(17)10-19)11-7-5-6-8-12(11)18(20)21/h5-9,15-16H,4H2,1-3H3. The first-order valence-electron chi connectivity index (χ1n) is 7.12. The summed E-state index contributed by atoms with van der Waals surface area (Å²) in [6.45, 7) is 2.40. The zero-order valence-electron chi connectivity index (χ0n) is 13.2. The third-order valence-electron chi connectivity index (χ3n) is 3.87. The summed E-state index contributed by atoms with van der Waals surface area (Å²) in [7, 11) is 2.94. The Morgan fingerprint density at radius 3 is 2.57 bits per heavy atom. The van der Waals surface area contributed by atoms with Crippen LogP contribution in [0.1, 0.15) is 18.4 Å². The average Bonchev–Trinajstić information content (AvgIpc) is 2.59. The normalized spacial score (nSPS) is 20.7. The molecule has 7 heteroatoms. The van der Waals surface area contributed by atoms with Gasteiger partial charge in [0.25, 0.3) is 5.69 Å². The summed E-state index contributed by atoms with van der Waals surface area (Å²) >= 11 is 0. The van der Waals surface area contributed by atoms with Crippen LogP contribution >= 0.6 is 0 Å². The highest BCUT2D eigenvalue weighted by Crippen LogP contribution is 2.41. The molecule has 0 fully saturated rings. The summed E-state index contributed by atoms with van der Waals surface area (Å²) in [6.07, 6.45) is 0.949. The van der Waals surface area contributed by atoms with Crippen molar-refractivity contribution in [3.05, 3.63) is 57.6 Å². The zero-order valence-corrected chi connectivity index (χ0v) is 13.2. The van der Waals surface area contributed by atoms with Gasteiger partial charge >= 0.3 is 0 Å². The molecule has 1 heterocycles. The summed E-state index contributed by atoms with van der Waals surface area (Å²) in [6, 6.07) is 6.37. The molecule has 0 N–H and O–H groups in total. The van der Waals surface area contributed by atoms with E-state index in [9.17, 15) is 14.9 Å². The number of nitro benzene ring substituents is 1. The summed E-state index contributed by atoms with van der Waals surface area (Å²) < 4.78 is 10.9. The second-order valence-corrected chi connectivity index (χ2v) is 4.96. The molecular weight excluding hydrogens is 300 g/mol. The fourth-order valence-corrected chi connectivity index (χ4v) is 2.81. The van der Waals surface area contributed by atoms with E-state index in [1.165, 1.54) is 20.3 Å². The first-order valence-corrected chi connectivity index (χ1v) is 7.12. The van der Waals surface area contributed by atoms with E-state index in [2.05, 4.69) is 0 Å². The number of rotatable bonds is 5. The monoisotopic (exact) mass is 318 g/mol. The number of methoxy groups -OCH3 is 2. The Hall–Kier alpha value is -2.63. The van der Waals surface area contributed by atoms with Crippen LogP contribution in [0.4, 0.5) is 5.69 Å². The predicted molar refractivity (Wildman–Crippen MR) is 83.3 cm³/mol. The fourth-order valence-electron chi connectivity index (χ4n) is 2.81. The van der Waals surface area contributed by atoms with Crippen molar-refractivity contribution in [2.45, 2.75) is 18.9 Å². The minimum atomic E-state index is -0.714. The van der Waals surface area contributed by atoms with Crippen molar-refractivity contribution in [2.75, 3.05) is 20.8 Å². The van der Waals surface area contributed by atoms with Crippen LogP contribution in [0.5, 0.6) is 0 Å². The van der Waals surface area contributed by atoms with Crippen molar-refractivity contribution in [3.8, 4) is 0 Å². The van der Waals surface area contributed by atoms with Gasteiger partial charge in [-0.1, -0.05) is 18.2 Å². The maximum absolute atomic E-state index is 11.4. The zero-order chi connectivity index (χ0) is 17.0. The quantitative estimate of drug-likeness (QED) is 0.470. The van der Waals surface area contributed by atoms with E-state index in [0.717, 1.165) is 0 Å². The van der Waals surface area contributed by atoms with E-state index >= 15 is 0 Å². The molecule has 23 heavy (non-hydrogen) atoms. The van der Waals surface area contributed by atoms with Crippen molar-refractivity contribution in [1.29, 1.82) is 0 Å². The number of benzene rings is 1. The maximum Gasteiger partial charge on any atom is 0.273 e. The smallest absolute Gasteiger partial charge is 0.273 e. The average molecular weight is 318 g/mol. The van der Waals surface area contributed by atoms with Crippen molar-refractivity contribution < 1.29 is 19.2 Å². The van der Waals surface area contributed by atoms with Crippen molar-refractivity contribution in [3.63, 3.8) is 0 Å². The van der Waals surface area contributed by atoms with E-state index in [1.54, 1.807) is 29.3 Å². The van der Waals surface area contributed by atoms with Crippen LogP contribution in [0, 0.1) is 10.1 Å². The van der Waals surface area contributed by atoms with Crippen molar-refractivity contribution in [1.82, 2.24) is 4.90 Å². The van der Waals surface area contributed by atoms with Crippen LogP contribution in [0.15, 0.2) is 41.9 Å². The van der Waals surface area contributed by atoms with Gasteiger partial charge in [0, 0.05) is 31.5 Å². The molecule has 0 aliphatic carbocycles. The lowest BCUT2D eigenvalue weighted by Gasteiger charge is -2.36. The van der Waals surface area contributed by atoms with Gasteiger partial charge in [-0.3, -0.25) is 10.1 Å². The van der Waals surface area contributed by atoms with Crippen LogP contribution in [0.25, 0.3) is 0 Å². The molecule has 0 amide bonds. The Labute approximate surface area is 133 Å². The van der Waals surface area contributed by atoms with Gasteiger partial charge in [-0.15, -0.1) is 0 Å². The van der Waals surface area contributed by atoms with E-state index in [1.807, 2.05) is 12.9 Å². The van der Waals surface area contributed by atoms with E-state index in [0.29, 0.717) is 23.6 Å². The van der Waals surface area contributed by atoms with E-state index in [-0.39, 0.29) is 5.69 Å². The molecule has 1 aliphatic heterocycles. The van der Waals surface area contributed by atoms with Gasteiger partial charge in [0.05, 0.1) is 18.0 Å². The van der Waals surface area contributed by atoms with Gasteiger partial charge < -0.3 is 14.4 Å². The number of ether oxygens (including phenoxy) is 2. The molecular formula is C16H18N2O5. The Morgan fingerprint density at radius 1 is 1.35 bits per heavy atom. The highest BCUT2D eigenvalue weighted by molar-refractivity contribution is 5.58. The molecule has 0 bridgehead atoms. The Bertz CT molecular complexity index is 679. The van der Waals surface area contributed by atoms with Crippen LogP contribution in [-0.4, -0.2) is 42.6 Å². The second kappa shape index (κ2) is 7.09. The van der Waals surface area contributed by atoms with E-state index < -0.39 is 16.9 Å². The molecule has 2 unspecified atom stereocenters. The van der Waals surface area contributed by atoms with Gasteiger partial charge in [0.15, 0.2) is 0 Å². The molecule has 0 saturated heterocycles. The molecule has 0 spiro atoms. The lowest BCUT2D eigenvalue weighted by Crippen LogP contribution is -2.38. The number of hydrogen-bond acceptors (Lipinski definition) is 6. The van der Waals surface area contributed by atoms with Crippen LogP contribution in [0.3, 0.4) is 0 Å². The van der Waals surface area contributed by atoms with Crippen molar-refractivity contribution >= 4 is 11.6 Å². The third kappa shape index (κ3) is 2.97. The van der Waals surface area contributed by atoms with Gasteiger partial charge in [0.2, 0.25) is 0 Å². The molecule has 1 aromatic rings. The first kappa shape index (κ1) is 16.7. The van der Waals surface area contributed by atoms with Crippen LogP contribution in [0.2, 0.25) is 0 Å². The Kier molecular flexibility index (Phi) is 5.16. The molecule has 122 valence electrons. The second-order valence-electron chi connectivity index (χ2n) is 4.96. The topological polar surface area (TPSA) is 81.9 Å². The highest BCUT2D eigenvalue weighted by Gasteiger charge is 2.40. The number of nitro groups is 1. The summed E-state index contributed by atoms with van der Waals surface area (Å²) in [5.74, 6) is 1.80. The number of likely N-dealkylation sites (N-methyl/N-ethyl adjacent to an activating group) is 1. The molecule has 7 nitrogen and oxygen atoms in total.